The van der Waals surface area contributed by atoms with Crippen LogP contribution in [0, 0.1) is 13.8 Å². The average molecular weight is 456 g/mol. The van der Waals surface area contributed by atoms with Crippen molar-refractivity contribution < 1.29 is 10.2 Å². The molecule has 2 nitrogen and oxygen atoms in total. The third-order valence-corrected chi connectivity index (χ3v) is 11.9. The summed E-state index contributed by atoms with van der Waals surface area (Å²) in [5.41, 5.74) is 4.72. The molecule has 0 aliphatic rings. The van der Waals surface area contributed by atoms with Crippen LogP contribution < -0.4 is 8.92 Å². The number of aliphatic hydroxyl groups excluding tert-OH is 2. The maximum absolute atomic E-state index is 10.3. The van der Waals surface area contributed by atoms with E-state index < -0.39 is 0 Å². The minimum absolute atomic E-state index is 0.290. The second kappa shape index (κ2) is 9.19. The van der Waals surface area contributed by atoms with E-state index in [2.05, 4.69) is 38.1 Å². The van der Waals surface area contributed by atoms with Crippen molar-refractivity contribution in [2.24, 2.45) is 0 Å². The number of aryl methyl sites for hydroxylation is 2. The Bertz CT molecular complexity index is 626. The third-order valence-electron chi connectivity index (χ3n) is 4.18. The second-order valence-electron chi connectivity index (χ2n) is 6.00. The first kappa shape index (κ1) is 19.7. The summed E-state index contributed by atoms with van der Waals surface area (Å²) in [5.74, 6) is 0. The quantitative estimate of drug-likeness (QED) is 0.629. The molecule has 0 fully saturated rings. The fraction of sp³-hybridized carbons (Fsp3) is 0.400. The molecule has 0 aliphatic heterocycles. The van der Waals surface area contributed by atoms with E-state index in [1.807, 2.05) is 26.0 Å². The molecule has 24 heavy (non-hydrogen) atoms. The number of hydrogen-bond acceptors (Lipinski definition) is 2. The van der Waals surface area contributed by atoms with Gasteiger partial charge in [-0.25, -0.2) is 0 Å². The zero-order valence-electron chi connectivity index (χ0n) is 14.7. The topological polar surface area (TPSA) is 40.5 Å². The predicted molar refractivity (Wildman–Crippen MR) is 104 cm³/mol. The van der Waals surface area contributed by atoms with Gasteiger partial charge in [0.15, 0.2) is 0 Å². The van der Waals surface area contributed by atoms with E-state index in [1.165, 1.54) is 20.1 Å². The van der Waals surface area contributed by atoms with Crippen molar-refractivity contribution in [2.75, 3.05) is 0 Å². The van der Waals surface area contributed by atoms with E-state index in [0.29, 0.717) is 0 Å². The van der Waals surface area contributed by atoms with Crippen LogP contribution in [0.4, 0.5) is 0 Å². The van der Waals surface area contributed by atoms with Crippen LogP contribution in [0.25, 0.3) is 0 Å². The summed E-state index contributed by atoms with van der Waals surface area (Å²) in [6.45, 7) is 8.31. The monoisotopic (exact) mass is 458 g/mol. The van der Waals surface area contributed by atoms with Crippen LogP contribution in [-0.4, -0.2) is 36.5 Å². The Morgan fingerprint density at radius 1 is 0.750 bits per heavy atom. The van der Waals surface area contributed by atoms with E-state index in [4.69, 9.17) is 0 Å². The summed E-state index contributed by atoms with van der Waals surface area (Å²) in [6.07, 6.45) is 0.721. The van der Waals surface area contributed by atoms with Crippen molar-refractivity contribution in [1.29, 1.82) is 0 Å². The maximum atomic E-state index is 10.3. The van der Waals surface area contributed by atoms with Gasteiger partial charge in [-0.05, 0) is 0 Å². The molecule has 0 aliphatic carbocycles. The molecule has 0 amide bonds. The zero-order valence-corrected chi connectivity index (χ0v) is 18.2. The normalized spacial score (nSPS) is 13.8. The number of aliphatic hydroxyl groups is 2. The summed E-state index contributed by atoms with van der Waals surface area (Å²) in [7, 11) is 0. The summed E-state index contributed by atoms with van der Waals surface area (Å²) < 4.78 is 2.67. The van der Waals surface area contributed by atoms with Gasteiger partial charge in [0.2, 0.25) is 0 Å². The van der Waals surface area contributed by atoms with Gasteiger partial charge in [0.1, 0.15) is 0 Å². The van der Waals surface area contributed by atoms with E-state index in [0.717, 1.165) is 24.0 Å². The Labute approximate surface area is 156 Å². The fourth-order valence-electron chi connectivity index (χ4n) is 2.63. The van der Waals surface area contributed by atoms with Crippen LogP contribution in [0.15, 0.2) is 36.4 Å². The van der Waals surface area contributed by atoms with Crippen LogP contribution in [0.3, 0.4) is 0 Å². The molecule has 0 radical (unpaired) electrons. The van der Waals surface area contributed by atoms with Crippen LogP contribution in [0.2, 0.25) is 0 Å². The molecular formula is C20H26O2Se2. The molecule has 4 heteroatoms. The Morgan fingerprint density at radius 3 is 1.46 bits per heavy atom. The first-order valence-corrected chi connectivity index (χ1v) is 14.4. The zero-order chi connectivity index (χ0) is 17.7. The van der Waals surface area contributed by atoms with Crippen molar-refractivity contribution in [3.8, 4) is 0 Å². The van der Waals surface area contributed by atoms with Crippen molar-refractivity contribution in [3.05, 3.63) is 58.7 Å². The molecule has 0 saturated carbocycles. The molecule has 0 aromatic heterocycles. The molecule has 2 rings (SSSR count). The second-order valence-corrected chi connectivity index (χ2v) is 12.0. The molecule has 0 bridgehead atoms. The summed E-state index contributed by atoms with van der Waals surface area (Å²) >= 11 is 0.580. The van der Waals surface area contributed by atoms with Gasteiger partial charge in [0, 0.05) is 0 Å². The van der Waals surface area contributed by atoms with Gasteiger partial charge in [-0.3, -0.25) is 0 Å². The fourth-order valence-corrected chi connectivity index (χ4v) is 11.9. The van der Waals surface area contributed by atoms with Crippen LogP contribution in [-0.2, 0) is 0 Å². The van der Waals surface area contributed by atoms with Crippen molar-refractivity contribution in [3.63, 3.8) is 0 Å². The molecule has 2 atom stereocenters. The van der Waals surface area contributed by atoms with E-state index in [1.54, 1.807) is 0 Å². The molecular weight excluding hydrogens is 430 g/mol. The predicted octanol–water partition coefficient (Wildman–Crippen LogP) is 2.46. The molecule has 2 N–H and O–H groups in total. The van der Waals surface area contributed by atoms with E-state index >= 15 is 0 Å². The molecule has 2 aromatic rings. The van der Waals surface area contributed by atoms with Gasteiger partial charge >= 0.3 is 157 Å². The molecule has 2 aromatic carbocycles. The van der Waals surface area contributed by atoms with E-state index in [9.17, 15) is 10.2 Å². The van der Waals surface area contributed by atoms with Crippen LogP contribution in [0.1, 0.15) is 61.2 Å². The van der Waals surface area contributed by atoms with Gasteiger partial charge in [0.25, 0.3) is 0 Å². The van der Waals surface area contributed by atoms with Crippen LogP contribution >= 0.6 is 0 Å². The first-order valence-electron chi connectivity index (χ1n) is 8.39. The van der Waals surface area contributed by atoms with Gasteiger partial charge < -0.3 is 0 Å². The summed E-state index contributed by atoms with van der Waals surface area (Å²) in [6, 6.07) is 12.5. The first-order chi connectivity index (χ1) is 11.5. The average Bonchev–Trinajstić information content (AvgIpc) is 2.59. The Hall–Kier alpha value is -0.601. The number of benzene rings is 2. The van der Waals surface area contributed by atoms with Gasteiger partial charge in [-0.2, -0.15) is 0 Å². The third kappa shape index (κ3) is 4.52. The Morgan fingerprint density at radius 2 is 1.12 bits per heavy atom. The summed E-state index contributed by atoms with van der Waals surface area (Å²) in [4.78, 5) is 0. The number of rotatable bonds is 7. The minimum atomic E-state index is -0.379. The van der Waals surface area contributed by atoms with Gasteiger partial charge in [-0.1, -0.05) is 0 Å². The molecule has 0 saturated heterocycles. The Kier molecular flexibility index (Phi) is 7.56. The van der Waals surface area contributed by atoms with Crippen molar-refractivity contribution in [1.82, 2.24) is 0 Å². The van der Waals surface area contributed by atoms with E-state index in [-0.39, 0.29) is 38.5 Å². The van der Waals surface area contributed by atoms with Crippen molar-refractivity contribution >= 4 is 35.2 Å². The molecule has 130 valence electrons. The SMILES string of the molecule is CCC(O)c1cccc(C)c1[Se][Se]c1c(C)cccc1C(O)CC. The standard InChI is InChI=1S/C20H26O2Se2/c1-5-17(21)15-11-7-9-13(3)19(15)23-24-20-14(4)10-8-12-16(20)18(22)6-2/h7-12,17-18,21-22H,5-6H2,1-4H3. The Balaban J connectivity index is 2.33. The number of hydrogen-bond donors (Lipinski definition) is 2. The van der Waals surface area contributed by atoms with Gasteiger partial charge in [-0.15, -0.1) is 0 Å². The molecule has 2 unspecified atom stereocenters. The molecule has 0 spiro atoms. The van der Waals surface area contributed by atoms with Gasteiger partial charge in [0.05, 0.1) is 0 Å². The van der Waals surface area contributed by atoms with Crippen molar-refractivity contribution in [2.45, 2.75) is 52.7 Å². The van der Waals surface area contributed by atoms with Crippen LogP contribution in [0.5, 0.6) is 0 Å². The summed E-state index contributed by atoms with van der Waals surface area (Å²) in [5, 5.41) is 20.7. The molecule has 0 heterocycles.